The Morgan fingerprint density at radius 3 is 2.12 bits per heavy atom. The molecular weight excluding hydrogens is 280 g/mol. The van der Waals surface area contributed by atoms with Gasteiger partial charge in [-0.2, -0.15) is 0 Å². The minimum absolute atomic E-state index is 0.0573. The van der Waals surface area contributed by atoms with Crippen LogP contribution in [0.15, 0.2) is 24.3 Å². The number of benzene rings is 1. The van der Waals surface area contributed by atoms with Gasteiger partial charge in [-0.1, -0.05) is 34.8 Å². The Hall–Kier alpha value is -1.04. The lowest BCUT2D eigenvalue weighted by molar-refractivity contribution is -0.384. The van der Waals surface area contributed by atoms with Gasteiger partial charge in [0.15, 0.2) is 0 Å². The molecule has 0 aliphatic heterocycles. The lowest BCUT2D eigenvalue weighted by Crippen LogP contribution is -2.24. The number of esters is 1. The Bertz CT molecular complexity index is 412. The number of carbonyl (C=O) groups excluding carboxylic acids is 1. The third-order valence-electron chi connectivity index (χ3n) is 1.49. The largest absolute Gasteiger partial charge is 0.423 e. The van der Waals surface area contributed by atoms with Crippen molar-refractivity contribution < 1.29 is 14.5 Å². The van der Waals surface area contributed by atoms with E-state index in [9.17, 15) is 14.9 Å². The molecule has 0 N–H and O–H groups in total. The molecule has 0 radical (unpaired) electrons. The number of carbonyl (C=O) groups is 1. The van der Waals surface area contributed by atoms with E-state index < -0.39 is 14.7 Å². The zero-order valence-electron chi connectivity index (χ0n) is 7.52. The van der Waals surface area contributed by atoms with Crippen LogP contribution in [0.2, 0.25) is 0 Å². The number of hydrogen-bond acceptors (Lipinski definition) is 4. The number of hydrogen-bond donors (Lipinski definition) is 0. The van der Waals surface area contributed by atoms with Gasteiger partial charge in [0.1, 0.15) is 5.75 Å². The number of nitro benzene ring substituents is 1. The van der Waals surface area contributed by atoms with E-state index in [1.54, 1.807) is 0 Å². The minimum atomic E-state index is -2.18. The fraction of sp³-hybridized carbons (Fsp3) is 0.125. The number of non-ortho nitro benzene ring substituents is 1. The van der Waals surface area contributed by atoms with E-state index in [0.717, 1.165) is 0 Å². The van der Waals surface area contributed by atoms with Crippen LogP contribution >= 0.6 is 34.8 Å². The van der Waals surface area contributed by atoms with Crippen molar-refractivity contribution in [1.29, 1.82) is 0 Å². The van der Waals surface area contributed by atoms with Crippen LogP contribution < -0.4 is 4.74 Å². The second-order valence-electron chi connectivity index (χ2n) is 2.64. The molecule has 16 heavy (non-hydrogen) atoms. The van der Waals surface area contributed by atoms with Crippen LogP contribution in [-0.2, 0) is 4.79 Å². The molecular formula is C8H4Cl3NO4. The summed E-state index contributed by atoms with van der Waals surface area (Å²) in [6.45, 7) is 0. The zero-order valence-corrected chi connectivity index (χ0v) is 9.79. The number of alkyl halides is 3. The van der Waals surface area contributed by atoms with Crippen LogP contribution in [0.5, 0.6) is 5.75 Å². The van der Waals surface area contributed by atoms with Gasteiger partial charge in [0.2, 0.25) is 0 Å². The predicted octanol–water partition coefficient (Wildman–Crippen LogP) is 2.87. The third kappa shape index (κ3) is 3.52. The smallest absolute Gasteiger partial charge is 0.363 e. The minimum Gasteiger partial charge on any atom is -0.423 e. The van der Waals surface area contributed by atoms with Crippen LogP contribution in [0.25, 0.3) is 0 Å². The zero-order chi connectivity index (χ0) is 12.3. The van der Waals surface area contributed by atoms with E-state index in [4.69, 9.17) is 34.8 Å². The standard InChI is InChI=1S/C8H4Cl3NO4/c9-8(10,11)7(13)16-6-3-1-5(2-4-6)12(14)15/h1-4H. The summed E-state index contributed by atoms with van der Waals surface area (Å²) < 4.78 is 2.48. The molecule has 0 unspecified atom stereocenters. The highest BCUT2D eigenvalue weighted by Gasteiger charge is 2.33. The van der Waals surface area contributed by atoms with Gasteiger partial charge in [0.25, 0.3) is 9.48 Å². The van der Waals surface area contributed by atoms with Crippen molar-refractivity contribution in [2.24, 2.45) is 0 Å². The van der Waals surface area contributed by atoms with Crippen molar-refractivity contribution in [3.8, 4) is 5.75 Å². The SMILES string of the molecule is O=C(Oc1ccc([N+](=O)[O-])cc1)C(Cl)(Cl)Cl. The first-order chi connectivity index (χ1) is 7.30. The molecule has 0 heterocycles. The topological polar surface area (TPSA) is 69.4 Å². The summed E-state index contributed by atoms with van der Waals surface area (Å²) in [6, 6.07) is 4.79. The maximum atomic E-state index is 11.1. The molecule has 0 fully saturated rings. The van der Waals surface area contributed by atoms with Crippen LogP contribution in [0.1, 0.15) is 0 Å². The van der Waals surface area contributed by atoms with Crippen molar-refractivity contribution in [3.05, 3.63) is 34.4 Å². The van der Waals surface area contributed by atoms with Crippen LogP contribution in [0, 0.1) is 10.1 Å². The van der Waals surface area contributed by atoms with Gasteiger partial charge in [-0.05, 0) is 12.1 Å². The summed E-state index contributed by atoms with van der Waals surface area (Å²) >= 11 is 15.8. The van der Waals surface area contributed by atoms with Gasteiger partial charge in [-0.25, -0.2) is 4.79 Å². The van der Waals surface area contributed by atoms with Crippen molar-refractivity contribution >= 4 is 46.5 Å². The molecule has 0 bridgehead atoms. The van der Waals surface area contributed by atoms with Gasteiger partial charge in [-0.15, -0.1) is 0 Å². The fourth-order valence-corrected chi connectivity index (χ4v) is 0.917. The van der Waals surface area contributed by atoms with Gasteiger partial charge in [0.05, 0.1) is 4.92 Å². The maximum Gasteiger partial charge on any atom is 0.363 e. The van der Waals surface area contributed by atoms with Crippen LogP contribution in [0.4, 0.5) is 5.69 Å². The molecule has 0 aliphatic carbocycles. The van der Waals surface area contributed by atoms with Gasteiger partial charge in [0, 0.05) is 12.1 Å². The number of nitrogens with zero attached hydrogens (tertiary/aromatic N) is 1. The van der Waals surface area contributed by atoms with Crippen molar-refractivity contribution in [1.82, 2.24) is 0 Å². The molecule has 0 saturated heterocycles. The van der Waals surface area contributed by atoms with E-state index in [1.807, 2.05) is 0 Å². The molecule has 0 saturated carbocycles. The molecule has 0 amide bonds. The van der Waals surface area contributed by atoms with E-state index >= 15 is 0 Å². The fourth-order valence-electron chi connectivity index (χ4n) is 0.801. The molecule has 0 spiro atoms. The second-order valence-corrected chi connectivity index (χ2v) is 4.92. The highest BCUT2D eigenvalue weighted by molar-refractivity contribution is 6.75. The van der Waals surface area contributed by atoms with Crippen molar-refractivity contribution in [2.75, 3.05) is 0 Å². The average molecular weight is 284 g/mol. The molecule has 1 aromatic carbocycles. The van der Waals surface area contributed by atoms with Crippen LogP contribution in [-0.4, -0.2) is 14.7 Å². The van der Waals surface area contributed by atoms with Gasteiger partial charge < -0.3 is 4.74 Å². The molecule has 5 nitrogen and oxygen atoms in total. The Balaban J connectivity index is 2.77. The van der Waals surface area contributed by atoms with E-state index in [1.165, 1.54) is 24.3 Å². The Morgan fingerprint density at radius 1 is 1.25 bits per heavy atom. The monoisotopic (exact) mass is 283 g/mol. The summed E-state index contributed by atoms with van der Waals surface area (Å²) in [5.74, 6) is -1.02. The summed E-state index contributed by atoms with van der Waals surface area (Å²) in [7, 11) is 0. The predicted molar refractivity (Wildman–Crippen MR) is 59.0 cm³/mol. The number of halogens is 3. The van der Waals surface area contributed by atoms with Gasteiger partial charge in [-0.3, -0.25) is 10.1 Å². The second kappa shape index (κ2) is 4.86. The summed E-state index contributed by atoms with van der Waals surface area (Å²) in [5.41, 5.74) is -0.131. The van der Waals surface area contributed by atoms with Crippen molar-refractivity contribution in [2.45, 2.75) is 3.79 Å². The quantitative estimate of drug-likeness (QED) is 0.275. The molecule has 0 atom stereocenters. The van der Waals surface area contributed by atoms with Gasteiger partial charge >= 0.3 is 5.97 Å². The molecule has 1 aromatic rings. The van der Waals surface area contributed by atoms with E-state index in [-0.39, 0.29) is 11.4 Å². The molecule has 0 aromatic heterocycles. The lowest BCUT2D eigenvalue weighted by atomic mass is 10.3. The first kappa shape index (κ1) is 13.0. The summed E-state index contributed by atoms with van der Waals surface area (Å²) in [5, 5.41) is 10.3. The highest BCUT2D eigenvalue weighted by Crippen LogP contribution is 2.28. The number of rotatable bonds is 2. The summed E-state index contributed by atoms with van der Waals surface area (Å²) in [4.78, 5) is 20.8. The lowest BCUT2D eigenvalue weighted by Gasteiger charge is -2.09. The first-order valence-corrected chi connectivity index (χ1v) is 4.97. The molecule has 1 rings (SSSR count). The number of nitro groups is 1. The number of ether oxygens (including phenoxy) is 1. The van der Waals surface area contributed by atoms with Crippen LogP contribution in [0.3, 0.4) is 0 Å². The normalized spacial score (nSPS) is 10.9. The molecule has 8 heteroatoms. The third-order valence-corrected chi connectivity index (χ3v) is 1.95. The van der Waals surface area contributed by atoms with E-state index in [0.29, 0.717) is 0 Å². The maximum absolute atomic E-state index is 11.1. The first-order valence-electron chi connectivity index (χ1n) is 3.84. The Morgan fingerprint density at radius 2 is 1.75 bits per heavy atom. The molecule has 0 aliphatic rings. The Labute approximate surface area is 105 Å². The van der Waals surface area contributed by atoms with E-state index in [2.05, 4.69) is 4.74 Å². The molecule has 86 valence electrons. The average Bonchev–Trinajstić information content (AvgIpc) is 2.17. The Kier molecular flexibility index (Phi) is 3.96. The highest BCUT2D eigenvalue weighted by atomic mass is 35.6. The summed E-state index contributed by atoms with van der Waals surface area (Å²) in [6.07, 6.45) is 0. The van der Waals surface area contributed by atoms with Crippen molar-refractivity contribution in [3.63, 3.8) is 0 Å².